The molecule has 0 aliphatic carbocycles. The van der Waals surface area contributed by atoms with Gasteiger partial charge >= 0.3 is 5.69 Å². The van der Waals surface area contributed by atoms with Gasteiger partial charge in [0.25, 0.3) is 5.56 Å². The molecular formula is C12H20N4O3Si. The number of ether oxygens (including phenoxy) is 1. The molecule has 0 aliphatic rings. The van der Waals surface area contributed by atoms with E-state index in [0.29, 0.717) is 17.8 Å². The van der Waals surface area contributed by atoms with Crippen LogP contribution in [0.2, 0.25) is 25.7 Å². The Kier molecular flexibility index (Phi) is 3.96. The number of H-pyrrole nitrogens is 1. The van der Waals surface area contributed by atoms with E-state index in [4.69, 9.17) is 4.74 Å². The van der Waals surface area contributed by atoms with E-state index in [1.165, 1.54) is 10.9 Å². The van der Waals surface area contributed by atoms with Gasteiger partial charge in [-0.25, -0.2) is 9.78 Å². The van der Waals surface area contributed by atoms with Crippen LogP contribution in [0, 0.1) is 0 Å². The first-order valence-corrected chi connectivity index (χ1v) is 10.2. The predicted molar refractivity (Wildman–Crippen MR) is 79.7 cm³/mol. The monoisotopic (exact) mass is 296 g/mol. The standard InChI is InChI=1S/C12H20N4O3Si/c1-15-10-9(11(17)14-12(15)18)16(7-13-10)8-19-5-6-20(2,3)4/h7H,5-6,8H2,1-4H3,(H,14,17,18). The number of rotatable bonds is 5. The van der Waals surface area contributed by atoms with Gasteiger partial charge in [-0.3, -0.25) is 14.3 Å². The van der Waals surface area contributed by atoms with Gasteiger partial charge in [-0.15, -0.1) is 0 Å². The summed E-state index contributed by atoms with van der Waals surface area (Å²) in [6, 6.07) is 1.06. The number of aromatic nitrogens is 4. The van der Waals surface area contributed by atoms with Crippen LogP contribution < -0.4 is 11.2 Å². The molecule has 110 valence electrons. The van der Waals surface area contributed by atoms with Crippen LogP contribution in [-0.4, -0.2) is 33.8 Å². The summed E-state index contributed by atoms with van der Waals surface area (Å²) in [4.78, 5) is 29.7. The lowest BCUT2D eigenvalue weighted by Crippen LogP contribution is -2.29. The third-order valence-corrected chi connectivity index (χ3v) is 4.81. The van der Waals surface area contributed by atoms with Crippen molar-refractivity contribution in [1.82, 2.24) is 19.1 Å². The second kappa shape index (κ2) is 5.37. The molecule has 8 heteroatoms. The highest BCUT2D eigenvalue weighted by Crippen LogP contribution is 2.09. The van der Waals surface area contributed by atoms with Crippen molar-refractivity contribution < 1.29 is 4.74 Å². The van der Waals surface area contributed by atoms with Gasteiger partial charge < -0.3 is 9.30 Å². The summed E-state index contributed by atoms with van der Waals surface area (Å²) < 4.78 is 8.54. The van der Waals surface area contributed by atoms with E-state index in [-0.39, 0.29) is 6.73 Å². The first-order chi connectivity index (χ1) is 9.29. The minimum Gasteiger partial charge on any atom is -0.361 e. The first kappa shape index (κ1) is 14.7. The number of hydrogen-bond acceptors (Lipinski definition) is 4. The Morgan fingerprint density at radius 2 is 2.05 bits per heavy atom. The van der Waals surface area contributed by atoms with Crippen LogP contribution in [0.5, 0.6) is 0 Å². The minimum absolute atomic E-state index is 0.266. The summed E-state index contributed by atoms with van der Waals surface area (Å²) in [6.45, 7) is 7.78. The zero-order chi connectivity index (χ0) is 14.9. The average Bonchev–Trinajstić information content (AvgIpc) is 2.75. The molecule has 0 saturated carbocycles. The molecule has 0 atom stereocenters. The second-order valence-electron chi connectivity index (χ2n) is 6.05. The van der Waals surface area contributed by atoms with E-state index in [9.17, 15) is 9.59 Å². The van der Waals surface area contributed by atoms with Crippen molar-refractivity contribution in [3.8, 4) is 0 Å². The zero-order valence-corrected chi connectivity index (χ0v) is 13.3. The Labute approximate surface area is 117 Å². The van der Waals surface area contributed by atoms with Gasteiger partial charge in [-0.05, 0) is 6.04 Å². The quantitative estimate of drug-likeness (QED) is 0.651. The van der Waals surface area contributed by atoms with Gasteiger partial charge in [0.2, 0.25) is 0 Å². The van der Waals surface area contributed by atoms with Gasteiger partial charge in [0.15, 0.2) is 11.2 Å². The Morgan fingerprint density at radius 3 is 2.70 bits per heavy atom. The van der Waals surface area contributed by atoms with E-state index < -0.39 is 19.3 Å². The number of nitrogens with one attached hydrogen (secondary N) is 1. The summed E-state index contributed by atoms with van der Waals surface area (Å²) in [5.41, 5.74) is -0.172. The molecule has 2 aromatic heterocycles. The normalized spacial score (nSPS) is 12.2. The van der Waals surface area contributed by atoms with Crippen LogP contribution in [0.25, 0.3) is 11.2 Å². The van der Waals surface area contributed by atoms with Crippen molar-refractivity contribution in [3.05, 3.63) is 27.2 Å². The van der Waals surface area contributed by atoms with Crippen molar-refractivity contribution in [2.75, 3.05) is 6.61 Å². The highest BCUT2D eigenvalue weighted by atomic mass is 28.3. The molecule has 0 aliphatic heterocycles. The summed E-state index contributed by atoms with van der Waals surface area (Å²) in [5.74, 6) is 0. The molecule has 0 radical (unpaired) electrons. The van der Waals surface area contributed by atoms with Gasteiger partial charge in [0, 0.05) is 21.7 Å². The fourth-order valence-corrected chi connectivity index (χ4v) is 2.58. The minimum atomic E-state index is -1.12. The third-order valence-electron chi connectivity index (χ3n) is 3.10. The number of aromatic amines is 1. The van der Waals surface area contributed by atoms with Crippen LogP contribution in [0.1, 0.15) is 0 Å². The highest BCUT2D eigenvalue weighted by molar-refractivity contribution is 6.76. The molecule has 2 aromatic rings. The maximum absolute atomic E-state index is 11.8. The molecule has 0 unspecified atom stereocenters. The first-order valence-electron chi connectivity index (χ1n) is 6.51. The fourth-order valence-electron chi connectivity index (χ4n) is 1.82. The van der Waals surface area contributed by atoms with E-state index in [1.54, 1.807) is 11.6 Å². The molecule has 2 heterocycles. The van der Waals surface area contributed by atoms with Crippen LogP contribution in [0.15, 0.2) is 15.9 Å². The molecule has 20 heavy (non-hydrogen) atoms. The van der Waals surface area contributed by atoms with Crippen LogP contribution in [0.3, 0.4) is 0 Å². The maximum atomic E-state index is 11.8. The summed E-state index contributed by atoms with van der Waals surface area (Å²) >= 11 is 0. The molecule has 2 rings (SSSR count). The summed E-state index contributed by atoms with van der Waals surface area (Å²) in [6.07, 6.45) is 1.52. The topological polar surface area (TPSA) is 81.9 Å². The SMILES string of the molecule is Cn1c(=O)[nH]c(=O)c2c1ncn2COCC[Si](C)(C)C. The largest absolute Gasteiger partial charge is 0.361 e. The lowest BCUT2D eigenvalue weighted by molar-refractivity contribution is 0.0897. The Balaban J connectivity index is 2.18. The van der Waals surface area contributed by atoms with Crippen molar-refractivity contribution in [3.63, 3.8) is 0 Å². The van der Waals surface area contributed by atoms with Crippen molar-refractivity contribution in [2.45, 2.75) is 32.4 Å². The van der Waals surface area contributed by atoms with Crippen molar-refractivity contribution >= 4 is 19.2 Å². The number of hydrogen-bond donors (Lipinski definition) is 1. The Bertz CT molecular complexity index is 723. The molecule has 0 spiro atoms. The molecule has 0 saturated heterocycles. The van der Waals surface area contributed by atoms with E-state index >= 15 is 0 Å². The lowest BCUT2D eigenvalue weighted by Gasteiger charge is -2.15. The third kappa shape index (κ3) is 3.07. The molecule has 1 N–H and O–H groups in total. The van der Waals surface area contributed by atoms with Crippen molar-refractivity contribution in [2.24, 2.45) is 7.05 Å². The molecule has 0 fully saturated rings. The lowest BCUT2D eigenvalue weighted by atomic mass is 10.5. The van der Waals surface area contributed by atoms with Crippen LogP contribution in [-0.2, 0) is 18.5 Å². The Morgan fingerprint density at radius 1 is 1.35 bits per heavy atom. The number of aryl methyl sites for hydroxylation is 1. The summed E-state index contributed by atoms with van der Waals surface area (Å²) in [5, 5.41) is 0. The smallest absolute Gasteiger partial charge is 0.329 e. The molecule has 7 nitrogen and oxygen atoms in total. The van der Waals surface area contributed by atoms with Gasteiger partial charge in [-0.1, -0.05) is 19.6 Å². The maximum Gasteiger partial charge on any atom is 0.329 e. The fraction of sp³-hybridized carbons (Fsp3) is 0.583. The van der Waals surface area contributed by atoms with E-state index in [1.807, 2.05) is 0 Å². The second-order valence-corrected chi connectivity index (χ2v) is 11.7. The van der Waals surface area contributed by atoms with Gasteiger partial charge in [-0.2, -0.15) is 0 Å². The van der Waals surface area contributed by atoms with Crippen LogP contribution >= 0.6 is 0 Å². The predicted octanol–water partition coefficient (Wildman–Crippen LogP) is 0.736. The number of fused-ring (bicyclic) bond motifs is 1. The van der Waals surface area contributed by atoms with Gasteiger partial charge in [0.05, 0.1) is 6.33 Å². The van der Waals surface area contributed by atoms with Gasteiger partial charge in [0.1, 0.15) is 6.73 Å². The van der Waals surface area contributed by atoms with Crippen molar-refractivity contribution in [1.29, 1.82) is 0 Å². The molecule has 0 bridgehead atoms. The molecule has 0 amide bonds. The molecular weight excluding hydrogens is 276 g/mol. The zero-order valence-electron chi connectivity index (χ0n) is 12.3. The summed E-state index contributed by atoms with van der Waals surface area (Å²) in [7, 11) is 0.450. The van der Waals surface area contributed by atoms with Crippen LogP contribution in [0.4, 0.5) is 0 Å². The average molecular weight is 296 g/mol. The Hall–Kier alpha value is -1.67. The van der Waals surface area contributed by atoms with E-state index in [2.05, 4.69) is 29.6 Å². The number of imidazole rings is 1. The molecule has 0 aromatic carbocycles. The highest BCUT2D eigenvalue weighted by Gasteiger charge is 2.13. The number of nitrogens with zero attached hydrogens (tertiary/aromatic N) is 3. The van der Waals surface area contributed by atoms with E-state index in [0.717, 1.165) is 6.04 Å².